The molecule has 0 aromatic rings. The smallest absolute Gasteiger partial charge is 0.334 e. The lowest BCUT2D eigenvalue weighted by molar-refractivity contribution is -0.135. The van der Waals surface area contributed by atoms with E-state index >= 15 is 0 Å². The minimum atomic E-state index is -0.350. The number of esters is 1. The van der Waals surface area contributed by atoms with E-state index in [1.807, 2.05) is 32.8 Å². The number of carbonyl (C=O) groups is 1. The maximum Gasteiger partial charge on any atom is 0.334 e. The molecular weight excluding hydrogens is 168 g/mol. The molecule has 0 saturated heterocycles. The van der Waals surface area contributed by atoms with E-state index in [1.54, 1.807) is 0 Å². The van der Waals surface area contributed by atoms with Crippen molar-refractivity contribution in [2.24, 2.45) is 0 Å². The predicted octanol–water partition coefficient (Wildman–Crippen LogP) is 0.560. The van der Waals surface area contributed by atoms with Crippen LogP contribution in [0.4, 0.5) is 0 Å². The third-order valence-electron chi connectivity index (χ3n) is 1.37. The van der Waals surface area contributed by atoms with Gasteiger partial charge in [-0.05, 0) is 13.8 Å². The first-order valence-electron chi connectivity index (χ1n) is 4.21. The summed E-state index contributed by atoms with van der Waals surface area (Å²) in [5.74, 6) is 0.402. The van der Waals surface area contributed by atoms with Crippen molar-refractivity contribution < 1.29 is 9.53 Å². The summed E-state index contributed by atoms with van der Waals surface area (Å²) in [5, 5.41) is 3.13. The molecule has 4 heteroatoms. The summed E-state index contributed by atoms with van der Waals surface area (Å²) >= 11 is 0. The van der Waals surface area contributed by atoms with Gasteiger partial charge in [0.05, 0.1) is 13.2 Å². The van der Waals surface area contributed by atoms with Gasteiger partial charge in [0.1, 0.15) is 5.82 Å². The molecule has 0 aliphatic carbocycles. The van der Waals surface area contributed by atoms with Gasteiger partial charge in [0, 0.05) is 20.1 Å². The summed E-state index contributed by atoms with van der Waals surface area (Å²) in [6.07, 6.45) is 1.43. The van der Waals surface area contributed by atoms with E-state index < -0.39 is 0 Å². The third-order valence-corrected chi connectivity index (χ3v) is 1.37. The Bertz CT molecular complexity index is 198. The Labute approximate surface area is 79.6 Å². The molecule has 0 saturated carbocycles. The first-order chi connectivity index (χ1) is 5.97. The molecule has 1 N–H and O–H groups in total. The Hall–Kier alpha value is -1.19. The van der Waals surface area contributed by atoms with E-state index in [-0.39, 0.29) is 5.97 Å². The van der Waals surface area contributed by atoms with Crippen LogP contribution in [0.15, 0.2) is 11.9 Å². The number of hydrogen-bond acceptors (Lipinski definition) is 4. The van der Waals surface area contributed by atoms with Crippen molar-refractivity contribution in [1.29, 1.82) is 0 Å². The van der Waals surface area contributed by atoms with Crippen LogP contribution in [0.5, 0.6) is 0 Å². The first kappa shape index (κ1) is 11.8. The van der Waals surface area contributed by atoms with Crippen molar-refractivity contribution in [3.05, 3.63) is 11.9 Å². The van der Waals surface area contributed by atoms with Gasteiger partial charge >= 0.3 is 5.97 Å². The maximum atomic E-state index is 10.9. The molecule has 4 nitrogen and oxygen atoms in total. The quantitative estimate of drug-likeness (QED) is 0.514. The number of rotatable bonds is 4. The average molecular weight is 186 g/mol. The largest absolute Gasteiger partial charge is 0.466 e. The molecule has 13 heavy (non-hydrogen) atoms. The zero-order chi connectivity index (χ0) is 10.4. The molecule has 0 aromatic heterocycles. The summed E-state index contributed by atoms with van der Waals surface area (Å²) in [6.45, 7) is 4.02. The molecule has 0 fully saturated rings. The normalized spacial score (nSPS) is 11.4. The van der Waals surface area contributed by atoms with Gasteiger partial charge in [-0.2, -0.15) is 0 Å². The summed E-state index contributed by atoms with van der Waals surface area (Å²) < 4.78 is 4.53. The molecule has 0 atom stereocenters. The molecule has 0 amide bonds. The lowest BCUT2D eigenvalue weighted by Gasteiger charge is -2.20. The van der Waals surface area contributed by atoms with E-state index in [0.29, 0.717) is 6.04 Å². The number of hydrogen-bond donors (Lipinski definition) is 1. The molecule has 0 bridgehead atoms. The van der Waals surface area contributed by atoms with Crippen molar-refractivity contribution in [3.63, 3.8) is 0 Å². The van der Waals surface area contributed by atoms with Crippen LogP contribution < -0.4 is 5.32 Å². The second kappa shape index (κ2) is 5.45. The van der Waals surface area contributed by atoms with Crippen LogP contribution in [0, 0.1) is 0 Å². The zero-order valence-electron chi connectivity index (χ0n) is 8.92. The van der Waals surface area contributed by atoms with Crippen molar-refractivity contribution in [3.8, 4) is 0 Å². The second-order valence-corrected chi connectivity index (χ2v) is 3.25. The number of ether oxygens (including phenoxy) is 1. The Morgan fingerprint density at radius 2 is 2.00 bits per heavy atom. The third kappa shape index (κ3) is 5.11. The van der Waals surface area contributed by atoms with Crippen LogP contribution in [0.25, 0.3) is 0 Å². The summed E-state index contributed by atoms with van der Waals surface area (Å²) in [5.41, 5.74) is 0. The standard InChI is InChI=1S/C9H18N2O2/c1-7(2)10-8(11(3)4)6-9(12)13-5/h6-7,10H,1-5H3/b8-6+. The number of carbonyl (C=O) groups excluding carboxylic acids is 1. The van der Waals surface area contributed by atoms with E-state index in [1.165, 1.54) is 13.2 Å². The van der Waals surface area contributed by atoms with Crippen LogP contribution in [0.3, 0.4) is 0 Å². The van der Waals surface area contributed by atoms with Gasteiger partial charge in [-0.1, -0.05) is 0 Å². The van der Waals surface area contributed by atoms with Crippen molar-refractivity contribution in [2.45, 2.75) is 19.9 Å². The van der Waals surface area contributed by atoms with Gasteiger partial charge in [-0.25, -0.2) is 4.79 Å². The van der Waals surface area contributed by atoms with Crippen LogP contribution in [0.1, 0.15) is 13.8 Å². The molecule has 0 unspecified atom stereocenters. The second-order valence-electron chi connectivity index (χ2n) is 3.25. The molecule has 0 aliphatic heterocycles. The van der Waals surface area contributed by atoms with Crippen molar-refractivity contribution in [1.82, 2.24) is 10.2 Å². The first-order valence-corrected chi connectivity index (χ1v) is 4.21. The van der Waals surface area contributed by atoms with Gasteiger partial charge < -0.3 is 15.0 Å². The minimum Gasteiger partial charge on any atom is -0.466 e. The fourth-order valence-electron chi connectivity index (χ4n) is 0.766. The molecule has 0 aromatic carbocycles. The monoisotopic (exact) mass is 186 g/mol. The van der Waals surface area contributed by atoms with Gasteiger partial charge in [0.25, 0.3) is 0 Å². The Kier molecular flexibility index (Phi) is 4.96. The summed E-state index contributed by atoms with van der Waals surface area (Å²) in [4.78, 5) is 12.8. The molecule has 0 spiro atoms. The number of methoxy groups -OCH3 is 1. The molecule has 76 valence electrons. The predicted molar refractivity (Wildman–Crippen MR) is 52.1 cm³/mol. The highest BCUT2D eigenvalue weighted by molar-refractivity contribution is 5.82. The van der Waals surface area contributed by atoms with E-state index in [0.717, 1.165) is 5.82 Å². The fraction of sp³-hybridized carbons (Fsp3) is 0.667. The SMILES string of the molecule is COC(=O)/C=C(\NC(C)C)N(C)C. The number of nitrogens with zero attached hydrogens (tertiary/aromatic N) is 1. The van der Waals surface area contributed by atoms with Gasteiger partial charge in [-0.15, -0.1) is 0 Å². The topological polar surface area (TPSA) is 41.6 Å². The number of nitrogens with one attached hydrogen (secondary N) is 1. The molecule has 0 rings (SSSR count). The summed E-state index contributed by atoms with van der Waals surface area (Å²) in [7, 11) is 5.09. The Morgan fingerprint density at radius 3 is 2.31 bits per heavy atom. The Morgan fingerprint density at radius 1 is 1.46 bits per heavy atom. The Balaban J connectivity index is 4.41. The fourth-order valence-corrected chi connectivity index (χ4v) is 0.766. The van der Waals surface area contributed by atoms with E-state index in [4.69, 9.17) is 0 Å². The van der Waals surface area contributed by atoms with Crippen LogP contribution in [-0.2, 0) is 9.53 Å². The van der Waals surface area contributed by atoms with E-state index in [2.05, 4.69) is 10.1 Å². The lowest BCUT2D eigenvalue weighted by Crippen LogP contribution is -2.31. The summed E-state index contributed by atoms with van der Waals surface area (Å²) in [6, 6.07) is 0.290. The maximum absolute atomic E-state index is 10.9. The van der Waals surface area contributed by atoms with Crippen LogP contribution in [-0.4, -0.2) is 38.1 Å². The van der Waals surface area contributed by atoms with Crippen LogP contribution in [0.2, 0.25) is 0 Å². The molecule has 0 radical (unpaired) electrons. The highest BCUT2D eigenvalue weighted by Crippen LogP contribution is 1.96. The average Bonchev–Trinajstić information content (AvgIpc) is 2.02. The van der Waals surface area contributed by atoms with Crippen LogP contribution >= 0.6 is 0 Å². The van der Waals surface area contributed by atoms with Crippen molar-refractivity contribution in [2.75, 3.05) is 21.2 Å². The van der Waals surface area contributed by atoms with Gasteiger partial charge in [0.2, 0.25) is 0 Å². The van der Waals surface area contributed by atoms with Gasteiger partial charge in [-0.3, -0.25) is 0 Å². The zero-order valence-corrected chi connectivity index (χ0v) is 8.92. The molecular formula is C9H18N2O2. The van der Waals surface area contributed by atoms with Crippen molar-refractivity contribution >= 4 is 5.97 Å². The minimum absolute atomic E-state index is 0.290. The lowest BCUT2D eigenvalue weighted by atomic mass is 10.4. The van der Waals surface area contributed by atoms with E-state index in [9.17, 15) is 4.79 Å². The highest BCUT2D eigenvalue weighted by atomic mass is 16.5. The molecule has 0 heterocycles. The molecule has 0 aliphatic rings. The highest BCUT2D eigenvalue weighted by Gasteiger charge is 2.04. The van der Waals surface area contributed by atoms with Gasteiger partial charge in [0.15, 0.2) is 0 Å².